The number of benzene rings is 4. The number of carbonyl (C=O) groups excluding carboxylic acids is 2. The number of carbonyl (C=O) groups is 3. The summed E-state index contributed by atoms with van der Waals surface area (Å²) < 4.78 is 5.22. The molecule has 4 aromatic carbocycles. The predicted molar refractivity (Wildman–Crippen MR) is 159 cm³/mol. The SMILES string of the molecule is COc1ccc(CCN(CCC(=O)O)C(=O)c2ccccc2-c2ccccc2C(=O)NC(C)c2ccccc2)cc1. The molecule has 0 aliphatic carbocycles. The molecule has 0 aliphatic rings. The van der Waals surface area contributed by atoms with Crippen LogP contribution in [-0.2, 0) is 11.2 Å². The van der Waals surface area contributed by atoms with Gasteiger partial charge in [-0.25, -0.2) is 0 Å². The molecule has 0 radical (unpaired) electrons. The van der Waals surface area contributed by atoms with Crippen molar-refractivity contribution < 1.29 is 24.2 Å². The molecule has 0 spiro atoms. The summed E-state index contributed by atoms with van der Waals surface area (Å²) in [6.07, 6.45) is 0.376. The molecule has 0 saturated heterocycles. The Hall–Kier alpha value is -4.91. The number of carboxylic acids is 1. The molecule has 4 aromatic rings. The van der Waals surface area contributed by atoms with Crippen LogP contribution in [0.4, 0.5) is 0 Å². The van der Waals surface area contributed by atoms with Crippen LogP contribution in [0.15, 0.2) is 103 Å². The van der Waals surface area contributed by atoms with E-state index in [-0.39, 0.29) is 30.8 Å². The van der Waals surface area contributed by atoms with Gasteiger partial charge in [-0.05, 0) is 59.9 Å². The predicted octanol–water partition coefficient (Wildman–Crippen LogP) is 6.01. The lowest BCUT2D eigenvalue weighted by atomic mass is 9.94. The molecule has 0 bridgehead atoms. The molecule has 0 saturated carbocycles. The van der Waals surface area contributed by atoms with Crippen molar-refractivity contribution in [2.45, 2.75) is 25.8 Å². The van der Waals surface area contributed by atoms with Gasteiger partial charge in [0.1, 0.15) is 5.75 Å². The number of hydrogen-bond donors (Lipinski definition) is 2. The van der Waals surface area contributed by atoms with Crippen molar-refractivity contribution >= 4 is 17.8 Å². The number of aliphatic carboxylic acids is 1. The normalized spacial score (nSPS) is 11.4. The highest BCUT2D eigenvalue weighted by molar-refractivity contribution is 6.06. The third-order valence-corrected chi connectivity index (χ3v) is 6.98. The van der Waals surface area contributed by atoms with Gasteiger partial charge in [0.15, 0.2) is 0 Å². The second kappa shape index (κ2) is 13.9. The summed E-state index contributed by atoms with van der Waals surface area (Å²) in [4.78, 5) is 40.3. The van der Waals surface area contributed by atoms with Gasteiger partial charge in [0.25, 0.3) is 11.8 Å². The molecular formula is C34H34N2O5. The Bertz CT molecular complexity index is 1480. The molecule has 4 rings (SSSR count). The second-order valence-electron chi connectivity index (χ2n) is 9.73. The zero-order valence-electron chi connectivity index (χ0n) is 23.2. The first-order valence-electron chi connectivity index (χ1n) is 13.6. The van der Waals surface area contributed by atoms with Crippen LogP contribution in [0.3, 0.4) is 0 Å². The van der Waals surface area contributed by atoms with E-state index in [2.05, 4.69) is 5.32 Å². The van der Waals surface area contributed by atoms with Crippen molar-refractivity contribution in [2.24, 2.45) is 0 Å². The lowest BCUT2D eigenvalue weighted by molar-refractivity contribution is -0.137. The Morgan fingerprint density at radius 3 is 2.00 bits per heavy atom. The number of rotatable bonds is 12. The number of carboxylic acid groups (broad SMARTS) is 1. The highest BCUT2D eigenvalue weighted by Gasteiger charge is 2.23. The molecule has 7 nitrogen and oxygen atoms in total. The summed E-state index contributed by atoms with van der Waals surface area (Å²) in [5.41, 5.74) is 4.08. The molecule has 1 atom stereocenters. The van der Waals surface area contributed by atoms with Gasteiger partial charge in [0.05, 0.1) is 19.6 Å². The van der Waals surface area contributed by atoms with E-state index in [0.29, 0.717) is 35.2 Å². The molecule has 0 heterocycles. The van der Waals surface area contributed by atoms with E-state index in [1.165, 1.54) is 0 Å². The molecule has 0 aliphatic heterocycles. The molecule has 41 heavy (non-hydrogen) atoms. The molecule has 2 N–H and O–H groups in total. The van der Waals surface area contributed by atoms with Gasteiger partial charge in [0, 0.05) is 24.2 Å². The maximum absolute atomic E-state index is 13.9. The lowest BCUT2D eigenvalue weighted by Gasteiger charge is -2.24. The second-order valence-corrected chi connectivity index (χ2v) is 9.73. The number of amides is 2. The van der Waals surface area contributed by atoms with Crippen molar-refractivity contribution in [1.29, 1.82) is 0 Å². The molecular weight excluding hydrogens is 516 g/mol. The van der Waals surface area contributed by atoms with Gasteiger partial charge in [0.2, 0.25) is 0 Å². The van der Waals surface area contributed by atoms with Gasteiger partial charge < -0.3 is 20.1 Å². The van der Waals surface area contributed by atoms with Gasteiger partial charge in [-0.15, -0.1) is 0 Å². The Morgan fingerprint density at radius 1 is 0.780 bits per heavy atom. The van der Waals surface area contributed by atoms with Crippen molar-refractivity contribution in [3.05, 3.63) is 125 Å². The zero-order chi connectivity index (χ0) is 29.2. The van der Waals surface area contributed by atoms with E-state index in [1.807, 2.05) is 85.8 Å². The van der Waals surface area contributed by atoms with Crippen LogP contribution in [0.2, 0.25) is 0 Å². The van der Waals surface area contributed by atoms with E-state index >= 15 is 0 Å². The third kappa shape index (κ3) is 7.60. The zero-order valence-corrected chi connectivity index (χ0v) is 23.2. The number of nitrogens with one attached hydrogen (secondary N) is 1. The van der Waals surface area contributed by atoms with Gasteiger partial charge in [-0.2, -0.15) is 0 Å². The number of methoxy groups -OCH3 is 1. The van der Waals surface area contributed by atoms with Crippen LogP contribution >= 0.6 is 0 Å². The van der Waals surface area contributed by atoms with Crippen LogP contribution in [0, 0.1) is 0 Å². The fraction of sp³-hybridized carbons (Fsp3) is 0.206. The minimum absolute atomic E-state index is 0.0649. The molecule has 0 aromatic heterocycles. The Morgan fingerprint density at radius 2 is 1.37 bits per heavy atom. The fourth-order valence-electron chi connectivity index (χ4n) is 4.69. The van der Waals surface area contributed by atoms with Crippen LogP contribution in [0.25, 0.3) is 11.1 Å². The summed E-state index contributed by atoms with van der Waals surface area (Å²) in [5.74, 6) is -0.776. The van der Waals surface area contributed by atoms with Crippen molar-refractivity contribution in [2.75, 3.05) is 20.2 Å². The van der Waals surface area contributed by atoms with Crippen LogP contribution in [-0.4, -0.2) is 48.0 Å². The Kier molecular flexibility index (Phi) is 9.89. The standard InChI is InChI=1S/C34H34N2O5/c1-24(26-10-4-3-5-11-26)35-33(39)30-14-8-6-12-28(30)29-13-7-9-15-31(29)34(40)36(23-21-32(37)38)22-20-25-16-18-27(41-2)19-17-25/h3-19,24H,20-23H2,1-2H3,(H,35,39)(H,37,38). The van der Waals surface area contributed by atoms with Crippen molar-refractivity contribution in [3.63, 3.8) is 0 Å². The number of hydrogen-bond acceptors (Lipinski definition) is 4. The Balaban J connectivity index is 1.61. The topological polar surface area (TPSA) is 95.9 Å². The molecule has 2 amide bonds. The summed E-state index contributed by atoms with van der Waals surface area (Å²) >= 11 is 0. The van der Waals surface area contributed by atoms with Crippen molar-refractivity contribution in [1.82, 2.24) is 10.2 Å². The smallest absolute Gasteiger partial charge is 0.305 e. The van der Waals surface area contributed by atoms with E-state index in [4.69, 9.17) is 4.74 Å². The minimum Gasteiger partial charge on any atom is -0.497 e. The molecule has 7 heteroatoms. The maximum Gasteiger partial charge on any atom is 0.305 e. The summed E-state index contributed by atoms with van der Waals surface area (Å²) in [6.45, 7) is 2.33. The van der Waals surface area contributed by atoms with Crippen LogP contribution in [0.5, 0.6) is 5.75 Å². The maximum atomic E-state index is 13.9. The minimum atomic E-state index is -0.977. The molecule has 1 unspecified atom stereocenters. The average Bonchev–Trinajstić information content (AvgIpc) is 3.01. The van der Waals surface area contributed by atoms with Crippen LogP contribution in [0.1, 0.15) is 51.2 Å². The van der Waals surface area contributed by atoms with E-state index in [0.717, 1.165) is 16.9 Å². The van der Waals surface area contributed by atoms with E-state index in [9.17, 15) is 19.5 Å². The highest BCUT2D eigenvalue weighted by atomic mass is 16.5. The third-order valence-electron chi connectivity index (χ3n) is 6.98. The summed E-state index contributed by atoms with van der Waals surface area (Å²) in [5, 5.41) is 12.4. The molecule has 0 fully saturated rings. The monoisotopic (exact) mass is 550 g/mol. The lowest BCUT2D eigenvalue weighted by Crippen LogP contribution is -2.35. The first-order valence-corrected chi connectivity index (χ1v) is 13.6. The average molecular weight is 551 g/mol. The van der Waals surface area contributed by atoms with E-state index in [1.54, 1.807) is 36.3 Å². The van der Waals surface area contributed by atoms with Gasteiger partial charge in [-0.3, -0.25) is 14.4 Å². The number of ether oxygens (including phenoxy) is 1. The van der Waals surface area contributed by atoms with Crippen molar-refractivity contribution in [3.8, 4) is 16.9 Å². The first kappa shape index (κ1) is 29.1. The first-order chi connectivity index (χ1) is 19.9. The fourth-order valence-corrected chi connectivity index (χ4v) is 4.69. The van der Waals surface area contributed by atoms with Gasteiger partial charge in [-0.1, -0.05) is 78.9 Å². The summed E-state index contributed by atoms with van der Waals surface area (Å²) in [6, 6.07) is 31.4. The van der Waals surface area contributed by atoms with Gasteiger partial charge >= 0.3 is 5.97 Å². The van der Waals surface area contributed by atoms with Crippen LogP contribution < -0.4 is 10.1 Å². The number of nitrogens with zero attached hydrogens (tertiary/aromatic N) is 1. The summed E-state index contributed by atoms with van der Waals surface area (Å²) in [7, 11) is 1.60. The quantitative estimate of drug-likeness (QED) is 0.225. The van der Waals surface area contributed by atoms with E-state index < -0.39 is 5.97 Å². The highest BCUT2D eigenvalue weighted by Crippen LogP contribution is 2.29. The Labute approximate surface area is 240 Å². The molecule has 210 valence electrons. The largest absolute Gasteiger partial charge is 0.497 e.